The van der Waals surface area contributed by atoms with Gasteiger partial charge in [-0.25, -0.2) is 4.79 Å². The Morgan fingerprint density at radius 2 is 2.00 bits per heavy atom. The Kier molecular flexibility index (Phi) is 3.78. The van der Waals surface area contributed by atoms with Crippen LogP contribution in [0, 0.1) is 0 Å². The van der Waals surface area contributed by atoms with Crippen LogP contribution in [0.15, 0.2) is 18.2 Å². The van der Waals surface area contributed by atoms with Gasteiger partial charge in [-0.05, 0) is 46.8 Å². The van der Waals surface area contributed by atoms with Gasteiger partial charge in [0, 0.05) is 5.54 Å². The molecule has 1 amide bonds. The number of amides is 1. The number of benzene rings is 1. The molecule has 1 aromatic carbocycles. The number of anilines is 2. The van der Waals surface area contributed by atoms with E-state index in [9.17, 15) is 4.79 Å². The molecule has 1 heterocycles. The summed E-state index contributed by atoms with van der Waals surface area (Å²) in [5.41, 5.74) is 0.829. The number of carbonyl (C=O) groups excluding carboxylic acids is 1. The van der Waals surface area contributed by atoms with Crippen molar-refractivity contribution in [2.45, 2.75) is 45.8 Å². The van der Waals surface area contributed by atoms with E-state index in [1.54, 1.807) is 12.0 Å². The first-order valence-corrected chi connectivity index (χ1v) is 7.09. The van der Waals surface area contributed by atoms with Gasteiger partial charge in [0.25, 0.3) is 0 Å². The molecule has 2 rings (SSSR count). The normalized spacial score (nSPS) is 16.8. The molecule has 0 radical (unpaired) electrons. The van der Waals surface area contributed by atoms with E-state index in [2.05, 4.69) is 5.32 Å². The summed E-state index contributed by atoms with van der Waals surface area (Å²) in [6.07, 6.45) is -0.358. The molecule has 0 bridgehead atoms. The highest BCUT2D eigenvalue weighted by atomic mass is 16.6. The van der Waals surface area contributed by atoms with Crippen LogP contribution in [-0.2, 0) is 4.74 Å². The van der Waals surface area contributed by atoms with Gasteiger partial charge in [-0.2, -0.15) is 0 Å². The molecule has 21 heavy (non-hydrogen) atoms. The Balaban J connectivity index is 2.45. The highest BCUT2D eigenvalue weighted by Crippen LogP contribution is 2.41. The maximum atomic E-state index is 12.6. The van der Waals surface area contributed by atoms with Crippen molar-refractivity contribution in [3.8, 4) is 5.75 Å². The predicted octanol–water partition coefficient (Wildman–Crippen LogP) is 3.64. The maximum absolute atomic E-state index is 12.6. The standard InChI is InChI=1S/C16H24N2O3/c1-15(2,3)21-14(19)18-10-16(4,5)17-11-8-7-9-12(20-6)13(11)18/h7-9,17H,10H2,1-6H3. The number of hydrogen-bond donors (Lipinski definition) is 1. The van der Waals surface area contributed by atoms with E-state index in [0.29, 0.717) is 12.3 Å². The van der Waals surface area contributed by atoms with Crippen LogP contribution in [0.5, 0.6) is 5.75 Å². The third-order valence-corrected chi connectivity index (χ3v) is 3.13. The van der Waals surface area contributed by atoms with Crippen LogP contribution in [0.3, 0.4) is 0 Å². The van der Waals surface area contributed by atoms with Gasteiger partial charge < -0.3 is 14.8 Å². The first kappa shape index (κ1) is 15.5. The number of nitrogens with one attached hydrogen (secondary N) is 1. The summed E-state index contributed by atoms with van der Waals surface area (Å²) in [6, 6.07) is 5.69. The molecule has 0 atom stereocenters. The molecule has 0 aliphatic carbocycles. The summed E-state index contributed by atoms with van der Waals surface area (Å²) >= 11 is 0. The van der Waals surface area contributed by atoms with Crippen molar-refractivity contribution in [1.82, 2.24) is 0 Å². The monoisotopic (exact) mass is 292 g/mol. The average Bonchev–Trinajstić information content (AvgIpc) is 2.33. The van der Waals surface area contributed by atoms with Gasteiger partial charge in [-0.15, -0.1) is 0 Å². The van der Waals surface area contributed by atoms with E-state index in [1.165, 1.54) is 0 Å². The van der Waals surface area contributed by atoms with E-state index < -0.39 is 5.60 Å². The van der Waals surface area contributed by atoms with E-state index in [-0.39, 0.29) is 11.6 Å². The fourth-order valence-corrected chi connectivity index (χ4v) is 2.42. The van der Waals surface area contributed by atoms with Crippen molar-refractivity contribution in [2.75, 3.05) is 23.9 Å². The fourth-order valence-electron chi connectivity index (χ4n) is 2.42. The second-order valence-corrected chi connectivity index (χ2v) is 6.93. The SMILES string of the molecule is COc1cccc2c1N(C(=O)OC(C)(C)C)CC(C)(C)N2. The lowest BCUT2D eigenvalue weighted by Gasteiger charge is -2.41. The van der Waals surface area contributed by atoms with Crippen molar-refractivity contribution < 1.29 is 14.3 Å². The molecule has 0 fully saturated rings. The van der Waals surface area contributed by atoms with Gasteiger partial charge in [-0.3, -0.25) is 4.90 Å². The number of fused-ring (bicyclic) bond motifs is 1. The second-order valence-electron chi connectivity index (χ2n) is 6.93. The van der Waals surface area contributed by atoms with Crippen LogP contribution >= 0.6 is 0 Å². The lowest BCUT2D eigenvalue weighted by atomic mass is 9.99. The lowest BCUT2D eigenvalue weighted by Crippen LogP contribution is -2.52. The van der Waals surface area contributed by atoms with Gasteiger partial charge in [0.2, 0.25) is 0 Å². The van der Waals surface area contributed by atoms with Crippen molar-refractivity contribution in [3.05, 3.63) is 18.2 Å². The van der Waals surface area contributed by atoms with E-state index in [1.807, 2.05) is 52.8 Å². The second kappa shape index (κ2) is 5.13. The summed E-state index contributed by atoms with van der Waals surface area (Å²) in [7, 11) is 1.60. The molecule has 0 saturated carbocycles. The number of hydrogen-bond acceptors (Lipinski definition) is 4. The van der Waals surface area contributed by atoms with Gasteiger partial charge in [0.05, 0.1) is 19.3 Å². The fraction of sp³-hybridized carbons (Fsp3) is 0.562. The molecule has 116 valence electrons. The van der Waals surface area contributed by atoms with Crippen LogP contribution in [-0.4, -0.2) is 30.9 Å². The molecule has 5 nitrogen and oxygen atoms in total. The first-order chi connectivity index (χ1) is 9.63. The van der Waals surface area contributed by atoms with Crippen molar-refractivity contribution in [3.63, 3.8) is 0 Å². The summed E-state index contributed by atoms with van der Waals surface area (Å²) in [5, 5.41) is 3.43. The summed E-state index contributed by atoms with van der Waals surface area (Å²) < 4.78 is 10.9. The van der Waals surface area contributed by atoms with Gasteiger partial charge >= 0.3 is 6.09 Å². The molecule has 0 aromatic heterocycles. The predicted molar refractivity (Wildman–Crippen MR) is 84.3 cm³/mol. The number of para-hydroxylation sites is 1. The molecular formula is C16H24N2O3. The third kappa shape index (κ3) is 3.40. The first-order valence-electron chi connectivity index (χ1n) is 7.09. The Hall–Kier alpha value is -1.91. The van der Waals surface area contributed by atoms with E-state index in [0.717, 1.165) is 11.4 Å². The maximum Gasteiger partial charge on any atom is 0.415 e. The van der Waals surface area contributed by atoms with Crippen LogP contribution in [0.1, 0.15) is 34.6 Å². The minimum atomic E-state index is -0.533. The number of nitrogens with zero attached hydrogens (tertiary/aromatic N) is 1. The number of methoxy groups -OCH3 is 1. The highest BCUT2D eigenvalue weighted by molar-refractivity contribution is 5.96. The van der Waals surface area contributed by atoms with Crippen LogP contribution < -0.4 is 15.0 Å². The largest absolute Gasteiger partial charge is 0.494 e. The third-order valence-electron chi connectivity index (χ3n) is 3.13. The molecule has 0 unspecified atom stereocenters. The number of carbonyl (C=O) groups is 1. The Labute approximate surface area is 126 Å². The number of rotatable bonds is 1. The zero-order chi connectivity index (χ0) is 15.8. The Bertz CT molecular complexity index is 547. The minimum Gasteiger partial charge on any atom is -0.494 e. The lowest BCUT2D eigenvalue weighted by molar-refractivity contribution is 0.0572. The minimum absolute atomic E-state index is 0.240. The molecule has 1 aliphatic heterocycles. The molecule has 5 heteroatoms. The molecule has 1 N–H and O–H groups in total. The molecule has 0 saturated heterocycles. The Morgan fingerprint density at radius 1 is 1.33 bits per heavy atom. The van der Waals surface area contributed by atoms with Crippen molar-refractivity contribution in [2.24, 2.45) is 0 Å². The van der Waals surface area contributed by atoms with Crippen molar-refractivity contribution >= 4 is 17.5 Å². The quantitative estimate of drug-likeness (QED) is 0.858. The van der Waals surface area contributed by atoms with Crippen molar-refractivity contribution in [1.29, 1.82) is 0 Å². The number of ether oxygens (including phenoxy) is 2. The smallest absolute Gasteiger partial charge is 0.415 e. The van der Waals surface area contributed by atoms with Gasteiger partial charge in [0.1, 0.15) is 17.0 Å². The van der Waals surface area contributed by atoms with Crippen LogP contribution in [0.25, 0.3) is 0 Å². The van der Waals surface area contributed by atoms with Gasteiger partial charge in [-0.1, -0.05) is 6.07 Å². The summed E-state index contributed by atoms with van der Waals surface area (Å²) in [4.78, 5) is 14.2. The molecule has 0 spiro atoms. The Morgan fingerprint density at radius 3 is 2.57 bits per heavy atom. The summed E-state index contributed by atoms with van der Waals surface area (Å²) in [6.45, 7) is 10.2. The van der Waals surface area contributed by atoms with E-state index in [4.69, 9.17) is 9.47 Å². The van der Waals surface area contributed by atoms with Gasteiger partial charge in [0.15, 0.2) is 0 Å². The molecule has 1 aliphatic rings. The van der Waals surface area contributed by atoms with E-state index >= 15 is 0 Å². The average molecular weight is 292 g/mol. The molecule has 1 aromatic rings. The van der Waals surface area contributed by atoms with Crippen LogP contribution in [0.4, 0.5) is 16.2 Å². The highest BCUT2D eigenvalue weighted by Gasteiger charge is 2.37. The topological polar surface area (TPSA) is 50.8 Å². The zero-order valence-corrected chi connectivity index (χ0v) is 13.6. The van der Waals surface area contributed by atoms with Crippen LogP contribution in [0.2, 0.25) is 0 Å². The zero-order valence-electron chi connectivity index (χ0n) is 13.6. The summed E-state index contributed by atoms with van der Waals surface area (Å²) in [5.74, 6) is 0.654. The molecular weight excluding hydrogens is 268 g/mol.